The highest BCUT2D eigenvalue weighted by Crippen LogP contribution is 2.30. The number of ether oxygens (including phenoxy) is 1. The number of nitrogens with zero attached hydrogens (tertiary/aromatic N) is 4. The lowest BCUT2D eigenvalue weighted by Gasteiger charge is -2.22. The maximum absolute atomic E-state index is 8.11. The number of nitrogens with one attached hydrogen (secondary N) is 2. The molecular weight excluding hydrogens is 354 g/mol. The van der Waals surface area contributed by atoms with Crippen LogP contribution in [0.3, 0.4) is 0 Å². The van der Waals surface area contributed by atoms with Gasteiger partial charge >= 0.3 is 0 Å². The third kappa shape index (κ3) is 3.28. The van der Waals surface area contributed by atoms with Crippen LogP contribution in [0.25, 0.3) is 22.3 Å². The van der Waals surface area contributed by atoms with E-state index < -0.39 is 0 Å². The Morgan fingerprint density at radius 1 is 1.39 bits per heavy atom. The molecule has 1 atom stereocenters. The summed E-state index contributed by atoms with van der Waals surface area (Å²) in [5.41, 5.74) is 7.99. The van der Waals surface area contributed by atoms with Crippen molar-refractivity contribution >= 4 is 28.6 Å². The highest BCUT2D eigenvalue weighted by molar-refractivity contribution is 6.03. The zero-order chi connectivity index (χ0) is 19.7. The normalized spacial score (nSPS) is 17.3. The Balaban J connectivity index is 1.71. The fourth-order valence-corrected chi connectivity index (χ4v) is 3.57. The molecule has 1 aliphatic rings. The molecule has 4 rings (SSSR count). The number of rotatable bonds is 3. The number of hydrogen-bond acceptors (Lipinski definition) is 6. The monoisotopic (exact) mass is 377 g/mol. The largest absolute Gasteiger partial charge is 0.407 e. The lowest BCUT2D eigenvalue weighted by Crippen LogP contribution is -2.27. The minimum Gasteiger partial charge on any atom is -0.407 e. The minimum absolute atomic E-state index is 0.0462. The zero-order valence-corrected chi connectivity index (χ0v) is 15.9. The topological polar surface area (TPSA) is 116 Å². The Morgan fingerprint density at radius 2 is 2.25 bits per heavy atom. The summed E-state index contributed by atoms with van der Waals surface area (Å²) < 4.78 is 5.22. The maximum Gasteiger partial charge on any atom is 0.288 e. The number of nitrogens with two attached hydrogens (primary N) is 1. The van der Waals surface area contributed by atoms with Gasteiger partial charge in [0.05, 0.1) is 0 Å². The summed E-state index contributed by atoms with van der Waals surface area (Å²) in [5, 5.41) is 9.03. The Hall–Kier alpha value is -3.42. The number of benzene rings is 1. The second-order valence-electron chi connectivity index (χ2n) is 6.88. The SMILES string of the molecule is CN=C(N)OC(=N)c1ccc2[nH]cc(-c3nccc(N4CCC[C@@H]4C)n3)c2c1. The van der Waals surface area contributed by atoms with Gasteiger partial charge in [-0.05, 0) is 44.0 Å². The van der Waals surface area contributed by atoms with E-state index >= 15 is 0 Å². The summed E-state index contributed by atoms with van der Waals surface area (Å²) >= 11 is 0. The Morgan fingerprint density at radius 3 is 3.00 bits per heavy atom. The smallest absolute Gasteiger partial charge is 0.288 e. The Kier molecular flexibility index (Phi) is 4.68. The van der Waals surface area contributed by atoms with Crippen molar-refractivity contribution in [2.24, 2.45) is 10.7 Å². The average Bonchev–Trinajstić information content (AvgIpc) is 3.33. The molecule has 3 heterocycles. The van der Waals surface area contributed by atoms with E-state index in [-0.39, 0.29) is 11.9 Å². The van der Waals surface area contributed by atoms with Gasteiger partial charge in [0.15, 0.2) is 5.82 Å². The van der Waals surface area contributed by atoms with Gasteiger partial charge in [-0.15, -0.1) is 0 Å². The van der Waals surface area contributed by atoms with Crippen LogP contribution in [0, 0.1) is 5.41 Å². The molecule has 0 unspecified atom stereocenters. The lowest BCUT2D eigenvalue weighted by molar-refractivity contribution is 0.531. The predicted molar refractivity (Wildman–Crippen MR) is 111 cm³/mol. The quantitative estimate of drug-likeness (QED) is 0.479. The third-order valence-corrected chi connectivity index (χ3v) is 5.10. The van der Waals surface area contributed by atoms with Crippen molar-refractivity contribution in [1.82, 2.24) is 15.0 Å². The second-order valence-corrected chi connectivity index (χ2v) is 6.88. The molecule has 0 spiro atoms. The molecule has 0 bridgehead atoms. The first-order valence-corrected chi connectivity index (χ1v) is 9.27. The number of aromatic nitrogens is 3. The Labute approximate surface area is 163 Å². The number of amidine groups is 1. The van der Waals surface area contributed by atoms with Crippen molar-refractivity contribution < 1.29 is 4.74 Å². The molecule has 1 aromatic carbocycles. The van der Waals surface area contributed by atoms with Crippen molar-refractivity contribution in [3.63, 3.8) is 0 Å². The first-order chi connectivity index (χ1) is 13.6. The van der Waals surface area contributed by atoms with E-state index in [4.69, 9.17) is 20.9 Å². The molecule has 0 amide bonds. The van der Waals surface area contributed by atoms with Crippen molar-refractivity contribution in [1.29, 1.82) is 5.41 Å². The molecular formula is C20H23N7O. The van der Waals surface area contributed by atoms with Gasteiger partial charge in [0.1, 0.15) is 5.82 Å². The number of aromatic amines is 1. The molecule has 144 valence electrons. The minimum atomic E-state index is -0.0577. The summed E-state index contributed by atoms with van der Waals surface area (Å²) in [6, 6.07) is 7.98. The van der Waals surface area contributed by atoms with E-state index in [1.165, 1.54) is 19.9 Å². The molecule has 1 aliphatic heterocycles. The van der Waals surface area contributed by atoms with Crippen molar-refractivity contribution in [3.8, 4) is 11.4 Å². The van der Waals surface area contributed by atoms with E-state index in [0.717, 1.165) is 28.8 Å². The summed E-state index contributed by atoms with van der Waals surface area (Å²) in [6.07, 6.45) is 6.06. The van der Waals surface area contributed by atoms with Crippen LogP contribution in [-0.4, -0.2) is 46.5 Å². The standard InChI is InChI=1S/C20H23N7O/c1-12-4-3-9-27(12)17-7-8-24-19(26-17)15-11-25-16-6-5-13(10-14(15)16)18(21)28-20(22)23-2/h5-8,10-12,21,25H,3-4,9H2,1-2H3,(H2,22,23)/t12-/m0/s1. The van der Waals surface area contributed by atoms with Crippen LogP contribution in [0.5, 0.6) is 0 Å². The number of aliphatic imine (C=N–C) groups is 1. The molecule has 1 saturated heterocycles. The lowest BCUT2D eigenvalue weighted by atomic mass is 10.1. The number of H-pyrrole nitrogens is 1. The van der Waals surface area contributed by atoms with Crippen LogP contribution in [0.15, 0.2) is 41.7 Å². The molecule has 4 N–H and O–H groups in total. The molecule has 8 nitrogen and oxygen atoms in total. The Bertz CT molecular complexity index is 1060. The molecule has 3 aromatic rings. The molecule has 2 aromatic heterocycles. The van der Waals surface area contributed by atoms with Crippen molar-refractivity contribution in [3.05, 3.63) is 42.2 Å². The van der Waals surface area contributed by atoms with Crippen LogP contribution < -0.4 is 10.6 Å². The van der Waals surface area contributed by atoms with E-state index in [1.54, 1.807) is 12.3 Å². The fraction of sp³-hybridized carbons (Fsp3) is 0.300. The van der Waals surface area contributed by atoms with Gasteiger partial charge in [0.25, 0.3) is 6.02 Å². The van der Waals surface area contributed by atoms with Gasteiger partial charge < -0.3 is 20.4 Å². The van der Waals surface area contributed by atoms with E-state index in [1.807, 2.05) is 24.4 Å². The van der Waals surface area contributed by atoms with E-state index in [2.05, 4.69) is 26.8 Å². The highest BCUT2D eigenvalue weighted by atomic mass is 16.5. The van der Waals surface area contributed by atoms with Gasteiger partial charge in [0.2, 0.25) is 5.90 Å². The first-order valence-electron chi connectivity index (χ1n) is 9.27. The van der Waals surface area contributed by atoms with Gasteiger partial charge in [-0.2, -0.15) is 0 Å². The van der Waals surface area contributed by atoms with Crippen LogP contribution in [0.4, 0.5) is 5.82 Å². The van der Waals surface area contributed by atoms with Crippen LogP contribution in [0.2, 0.25) is 0 Å². The van der Waals surface area contributed by atoms with Crippen LogP contribution in [-0.2, 0) is 4.74 Å². The van der Waals surface area contributed by atoms with Gasteiger partial charge in [-0.25, -0.2) is 15.0 Å². The summed E-state index contributed by atoms with van der Waals surface area (Å²) in [6.45, 7) is 3.24. The summed E-state index contributed by atoms with van der Waals surface area (Å²) in [4.78, 5) is 18.6. The highest BCUT2D eigenvalue weighted by Gasteiger charge is 2.22. The van der Waals surface area contributed by atoms with Gasteiger partial charge in [-0.1, -0.05) is 0 Å². The molecule has 0 saturated carbocycles. The summed E-state index contributed by atoms with van der Waals surface area (Å²) in [5.74, 6) is 1.54. The molecule has 0 radical (unpaired) electrons. The van der Waals surface area contributed by atoms with Gasteiger partial charge in [-0.3, -0.25) is 5.41 Å². The number of hydrogen-bond donors (Lipinski definition) is 3. The molecule has 8 heteroatoms. The molecule has 28 heavy (non-hydrogen) atoms. The number of anilines is 1. The number of fused-ring (bicyclic) bond motifs is 1. The van der Waals surface area contributed by atoms with Crippen molar-refractivity contribution in [2.75, 3.05) is 18.5 Å². The predicted octanol–water partition coefficient (Wildman–Crippen LogP) is 2.90. The molecule has 0 aliphatic carbocycles. The zero-order valence-electron chi connectivity index (χ0n) is 15.9. The van der Waals surface area contributed by atoms with E-state index in [9.17, 15) is 0 Å². The van der Waals surface area contributed by atoms with Crippen molar-refractivity contribution in [2.45, 2.75) is 25.8 Å². The summed E-state index contributed by atoms with van der Waals surface area (Å²) in [7, 11) is 1.52. The second kappa shape index (κ2) is 7.30. The fourth-order valence-electron chi connectivity index (χ4n) is 3.57. The third-order valence-electron chi connectivity index (χ3n) is 5.10. The first kappa shape index (κ1) is 18.0. The van der Waals surface area contributed by atoms with E-state index in [0.29, 0.717) is 17.4 Å². The van der Waals surface area contributed by atoms with Gasteiger partial charge in [0, 0.05) is 54.1 Å². The molecule has 1 fully saturated rings. The average molecular weight is 377 g/mol. The van der Waals surface area contributed by atoms with Crippen LogP contribution in [0.1, 0.15) is 25.3 Å². The van der Waals surface area contributed by atoms with Crippen LogP contribution >= 0.6 is 0 Å². The maximum atomic E-state index is 8.11.